The van der Waals surface area contributed by atoms with Gasteiger partial charge in [0, 0.05) is 19.0 Å². The van der Waals surface area contributed by atoms with Crippen LogP contribution in [0.4, 0.5) is 8.78 Å². The van der Waals surface area contributed by atoms with E-state index in [1.165, 1.54) is 6.42 Å². The van der Waals surface area contributed by atoms with Crippen molar-refractivity contribution in [1.29, 1.82) is 0 Å². The second-order valence-corrected chi connectivity index (χ2v) is 4.86. The number of nitrogens with zero attached hydrogens (tertiary/aromatic N) is 1. The van der Waals surface area contributed by atoms with Crippen molar-refractivity contribution in [2.24, 2.45) is 5.92 Å². The van der Waals surface area contributed by atoms with E-state index < -0.39 is 6.93 Å². The summed E-state index contributed by atoms with van der Waals surface area (Å²) < 4.78 is 19.2. The first-order valence-electron chi connectivity index (χ1n) is 6.83. The van der Waals surface area contributed by atoms with Gasteiger partial charge in [-0.15, -0.1) is 0 Å². The van der Waals surface area contributed by atoms with Crippen LogP contribution in [0.25, 0.3) is 0 Å². The average molecular weight is 284 g/mol. The third-order valence-corrected chi connectivity index (χ3v) is 3.24. The van der Waals surface area contributed by atoms with Crippen LogP contribution in [0.15, 0.2) is 30.3 Å². The van der Waals surface area contributed by atoms with Crippen molar-refractivity contribution < 1.29 is 13.6 Å². The molecule has 0 bridgehead atoms. The maximum Gasteiger partial charge on any atom is 0.229 e. The number of nitrogens with one attached hydrogen (secondary N) is 1. The summed E-state index contributed by atoms with van der Waals surface area (Å²) in [5, 5.41) is 2.99. The number of benzene rings is 1. The lowest BCUT2D eigenvalue weighted by molar-refractivity contribution is -0.125. The Balaban J connectivity index is 0.000000612. The smallest absolute Gasteiger partial charge is 0.229 e. The van der Waals surface area contributed by atoms with Gasteiger partial charge < -0.3 is 10.2 Å². The summed E-state index contributed by atoms with van der Waals surface area (Å²) in [5.41, 5.74) is 1.15. The maximum atomic E-state index is 11.9. The van der Waals surface area contributed by atoms with Gasteiger partial charge in [-0.25, -0.2) is 8.78 Å². The number of hydrogen-bond donors (Lipinski definition) is 1. The van der Waals surface area contributed by atoms with E-state index in [1.54, 1.807) is 0 Å². The first-order valence-corrected chi connectivity index (χ1v) is 6.83. The molecule has 5 heteroatoms. The molecule has 0 aliphatic carbocycles. The van der Waals surface area contributed by atoms with Crippen LogP contribution < -0.4 is 5.32 Å². The minimum Gasteiger partial charge on any atom is -0.352 e. The normalized spacial score (nSPS) is 15.6. The van der Waals surface area contributed by atoms with Gasteiger partial charge in [-0.3, -0.25) is 4.79 Å². The van der Waals surface area contributed by atoms with Crippen molar-refractivity contribution in [2.45, 2.75) is 19.9 Å². The molecule has 1 aliphatic heterocycles. The molecule has 0 radical (unpaired) electrons. The standard InChI is InChI=1S/C14H20N2O.CH2F2/c1-12(11-16-8-5-9-16)14(17)15-10-13-6-3-2-4-7-13;2-1-3/h2-4,6-7,12H,5,8-11H2,1H3,(H,15,17);1H2. The Hall–Kier alpha value is -1.49. The molecule has 0 aromatic heterocycles. The molecule has 0 spiro atoms. The number of likely N-dealkylation sites (tertiary alicyclic amines) is 1. The molecule has 1 aliphatic rings. The third-order valence-electron chi connectivity index (χ3n) is 3.24. The van der Waals surface area contributed by atoms with Gasteiger partial charge >= 0.3 is 0 Å². The molecule has 1 N–H and O–H groups in total. The number of amides is 1. The molecule has 1 amide bonds. The Morgan fingerprint density at radius 2 is 1.90 bits per heavy atom. The highest BCUT2D eigenvalue weighted by molar-refractivity contribution is 5.78. The summed E-state index contributed by atoms with van der Waals surface area (Å²) in [6, 6.07) is 10.0. The summed E-state index contributed by atoms with van der Waals surface area (Å²) >= 11 is 0. The Labute approximate surface area is 119 Å². The van der Waals surface area contributed by atoms with E-state index in [-0.39, 0.29) is 11.8 Å². The second kappa shape index (κ2) is 9.42. The van der Waals surface area contributed by atoms with E-state index in [0.29, 0.717) is 6.54 Å². The van der Waals surface area contributed by atoms with Crippen molar-refractivity contribution in [3.63, 3.8) is 0 Å². The minimum atomic E-state index is -1.75. The van der Waals surface area contributed by atoms with E-state index in [4.69, 9.17) is 0 Å². The zero-order chi connectivity index (χ0) is 14.8. The van der Waals surface area contributed by atoms with E-state index in [2.05, 4.69) is 10.2 Å². The fraction of sp³-hybridized carbons (Fsp3) is 0.533. The molecule has 1 aromatic rings. The lowest BCUT2D eigenvalue weighted by Crippen LogP contribution is -2.43. The first-order chi connectivity index (χ1) is 9.67. The van der Waals surface area contributed by atoms with Crippen LogP contribution in [-0.4, -0.2) is 37.4 Å². The van der Waals surface area contributed by atoms with Gasteiger partial charge in [0.25, 0.3) is 0 Å². The predicted octanol–water partition coefficient (Wildman–Crippen LogP) is 2.53. The monoisotopic (exact) mass is 284 g/mol. The van der Waals surface area contributed by atoms with Crippen molar-refractivity contribution in [3.05, 3.63) is 35.9 Å². The maximum absolute atomic E-state index is 11.9. The Morgan fingerprint density at radius 3 is 2.40 bits per heavy atom. The number of rotatable bonds is 5. The Kier molecular flexibility index (Phi) is 7.80. The molecular weight excluding hydrogens is 262 g/mol. The SMILES string of the molecule is CC(CN1CCC1)C(=O)NCc1ccccc1.FCF. The number of halogens is 2. The predicted molar refractivity (Wildman–Crippen MR) is 75.6 cm³/mol. The lowest BCUT2D eigenvalue weighted by atomic mass is 10.1. The van der Waals surface area contributed by atoms with E-state index in [9.17, 15) is 13.6 Å². The van der Waals surface area contributed by atoms with Crippen molar-refractivity contribution in [1.82, 2.24) is 10.2 Å². The van der Waals surface area contributed by atoms with Crippen LogP contribution in [0, 0.1) is 5.92 Å². The summed E-state index contributed by atoms with van der Waals surface area (Å²) in [6.07, 6.45) is 1.28. The van der Waals surface area contributed by atoms with Gasteiger partial charge in [0.2, 0.25) is 12.8 Å². The van der Waals surface area contributed by atoms with Crippen LogP contribution in [0.3, 0.4) is 0 Å². The molecule has 0 saturated carbocycles. The molecule has 2 rings (SSSR count). The highest BCUT2D eigenvalue weighted by Gasteiger charge is 2.20. The van der Waals surface area contributed by atoms with Crippen molar-refractivity contribution in [2.75, 3.05) is 26.6 Å². The van der Waals surface area contributed by atoms with Gasteiger partial charge in [0.05, 0.1) is 0 Å². The van der Waals surface area contributed by atoms with Crippen LogP contribution in [0.2, 0.25) is 0 Å². The van der Waals surface area contributed by atoms with Gasteiger partial charge in [0.15, 0.2) is 0 Å². The summed E-state index contributed by atoms with van der Waals surface area (Å²) in [4.78, 5) is 14.2. The minimum absolute atomic E-state index is 0.0824. The van der Waals surface area contributed by atoms with Gasteiger partial charge in [-0.2, -0.15) is 0 Å². The van der Waals surface area contributed by atoms with Crippen LogP contribution in [-0.2, 0) is 11.3 Å². The van der Waals surface area contributed by atoms with Crippen LogP contribution in [0.5, 0.6) is 0 Å². The second-order valence-electron chi connectivity index (χ2n) is 4.86. The molecule has 1 unspecified atom stereocenters. The van der Waals surface area contributed by atoms with Gasteiger partial charge in [-0.1, -0.05) is 37.3 Å². The molecule has 3 nitrogen and oxygen atoms in total. The summed E-state index contributed by atoms with van der Waals surface area (Å²) in [6.45, 7) is 4.07. The molecular formula is C15H22F2N2O. The number of carbonyl (C=O) groups excluding carboxylic acids is 1. The molecule has 1 heterocycles. The molecule has 112 valence electrons. The van der Waals surface area contributed by atoms with E-state index in [1.807, 2.05) is 37.3 Å². The number of hydrogen-bond acceptors (Lipinski definition) is 2. The average Bonchev–Trinajstić information content (AvgIpc) is 2.42. The Bertz CT molecular complexity index is 383. The van der Waals surface area contributed by atoms with Gasteiger partial charge in [-0.05, 0) is 25.1 Å². The fourth-order valence-corrected chi connectivity index (χ4v) is 1.99. The quantitative estimate of drug-likeness (QED) is 0.901. The largest absolute Gasteiger partial charge is 0.352 e. The molecule has 20 heavy (non-hydrogen) atoms. The molecule has 1 saturated heterocycles. The molecule has 1 aromatic carbocycles. The topological polar surface area (TPSA) is 32.3 Å². The van der Waals surface area contributed by atoms with Gasteiger partial charge in [0.1, 0.15) is 0 Å². The first kappa shape index (κ1) is 16.6. The summed E-state index contributed by atoms with van der Waals surface area (Å²) in [5.74, 6) is 0.236. The zero-order valence-corrected chi connectivity index (χ0v) is 11.8. The third kappa shape index (κ3) is 6.10. The molecule has 1 fully saturated rings. The highest BCUT2D eigenvalue weighted by atomic mass is 19.3. The van der Waals surface area contributed by atoms with Crippen LogP contribution in [0.1, 0.15) is 18.9 Å². The van der Waals surface area contributed by atoms with E-state index in [0.717, 1.165) is 25.2 Å². The zero-order valence-electron chi connectivity index (χ0n) is 11.8. The number of carbonyl (C=O) groups is 1. The van der Waals surface area contributed by atoms with Crippen molar-refractivity contribution in [3.8, 4) is 0 Å². The highest BCUT2D eigenvalue weighted by Crippen LogP contribution is 2.09. The van der Waals surface area contributed by atoms with Crippen molar-refractivity contribution >= 4 is 5.91 Å². The lowest BCUT2D eigenvalue weighted by Gasteiger charge is -2.32. The fourth-order valence-electron chi connectivity index (χ4n) is 1.99. The van der Waals surface area contributed by atoms with Crippen LogP contribution >= 0.6 is 0 Å². The molecule has 1 atom stereocenters. The Morgan fingerprint density at radius 1 is 1.30 bits per heavy atom. The van der Waals surface area contributed by atoms with E-state index >= 15 is 0 Å². The number of alkyl halides is 2. The summed E-state index contributed by atoms with van der Waals surface area (Å²) in [7, 11) is 0.